The highest BCUT2D eigenvalue weighted by molar-refractivity contribution is 7.27. The number of rotatable bonds is 4. The van der Waals surface area contributed by atoms with E-state index < -0.39 is 0 Å². The van der Waals surface area contributed by atoms with E-state index in [4.69, 9.17) is 4.98 Å². The van der Waals surface area contributed by atoms with E-state index in [9.17, 15) is 0 Å². The Morgan fingerprint density at radius 1 is 0.400 bits per heavy atom. The van der Waals surface area contributed by atoms with Crippen molar-refractivity contribution in [3.63, 3.8) is 0 Å². The van der Waals surface area contributed by atoms with Crippen molar-refractivity contribution in [1.29, 1.82) is 0 Å². The Labute approximate surface area is 323 Å². The van der Waals surface area contributed by atoms with Gasteiger partial charge in [-0.2, -0.15) is 0 Å². The van der Waals surface area contributed by atoms with E-state index in [0.29, 0.717) is 0 Å². The van der Waals surface area contributed by atoms with Crippen molar-refractivity contribution >= 4 is 59.3 Å². The van der Waals surface area contributed by atoms with Crippen LogP contribution in [0.4, 0.5) is 17.1 Å². The summed E-state index contributed by atoms with van der Waals surface area (Å²) in [6.45, 7) is 0. The molecular weight excluding hydrogens is 685 g/mol. The number of benzene rings is 8. The second kappa shape index (κ2) is 11.6. The van der Waals surface area contributed by atoms with E-state index in [1.807, 2.05) is 17.5 Å². The molecular formula is C52H32N2S. The topological polar surface area (TPSA) is 16.1 Å². The van der Waals surface area contributed by atoms with Crippen LogP contribution >= 0.6 is 11.3 Å². The van der Waals surface area contributed by atoms with Crippen LogP contribution in [0.15, 0.2) is 194 Å². The van der Waals surface area contributed by atoms with Gasteiger partial charge < -0.3 is 4.90 Å². The molecule has 0 radical (unpaired) electrons. The van der Waals surface area contributed by atoms with Crippen LogP contribution in [0.2, 0.25) is 0 Å². The third kappa shape index (κ3) is 4.22. The molecule has 2 aliphatic rings. The Kier molecular flexibility index (Phi) is 6.46. The molecule has 10 aromatic rings. The molecule has 0 fully saturated rings. The van der Waals surface area contributed by atoms with Crippen molar-refractivity contribution in [2.24, 2.45) is 0 Å². The highest BCUT2D eigenvalue weighted by atomic mass is 32.1. The number of pyridine rings is 1. The molecule has 2 heterocycles. The van der Waals surface area contributed by atoms with Crippen LogP contribution in [0, 0.1) is 0 Å². The van der Waals surface area contributed by atoms with Gasteiger partial charge in [-0.05, 0) is 90.7 Å². The van der Waals surface area contributed by atoms with E-state index in [1.165, 1.54) is 86.6 Å². The van der Waals surface area contributed by atoms with Crippen LogP contribution in [0.25, 0.3) is 64.3 Å². The molecule has 0 saturated heterocycles. The van der Waals surface area contributed by atoms with Crippen LogP contribution < -0.4 is 4.90 Å². The van der Waals surface area contributed by atoms with Gasteiger partial charge in [0.05, 0.1) is 22.0 Å². The Bertz CT molecular complexity index is 3110. The Balaban J connectivity index is 1.11. The lowest BCUT2D eigenvalue weighted by atomic mass is 9.70. The number of fused-ring (bicyclic) bond motifs is 15. The van der Waals surface area contributed by atoms with Gasteiger partial charge in [-0.1, -0.05) is 158 Å². The van der Waals surface area contributed by atoms with Crippen molar-refractivity contribution in [2.45, 2.75) is 5.41 Å². The zero-order valence-electron chi connectivity index (χ0n) is 29.8. The van der Waals surface area contributed by atoms with Gasteiger partial charge in [0.2, 0.25) is 0 Å². The maximum atomic E-state index is 4.93. The molecule has 0 atom stereocenters. The summed E-state index contributed by atoms with van der Waals surface area (Å²) in [6.07, 6.45) is 4.10. The fourth-order valence-corrected chi connectivity index (χ4v) is 11.0. The van der Waals surface area contributed by atoms with Gasteiger partial charge in [-0.25, -0.2) is 0 Å². The summed E-state index contributed by atoms with van der Waals surface area (Å²) in [6, 6.07) is 67.1. The van der Waals surface area contributed by atoms with Crippen molar-refractivity contribution in [2.75, 3.05) is 4.90 Å². The Morgan fingerprint density at radius 3 is 1.71 bits per heavy atom. The third-order valence-corrected chi connectivity index (χ3v) is 13.2. The molecule has 1 spiro atoms. The summed E-state index contributed by atoms with van der Waals surface area (Å²) >= 11 is 1.87. The predicted molar refractivity (Wildman–Crippen MR) is 231 cm³/mol. The molecule has 256 valence electrons. The number of hydrogen-bond acceptors (Lipinski definition) is 3. The van der Waals surface area contributed by atoms with Crippen molar-refractivity contribution in [3.8, 4) is 33.4 Å². The van der Waals surface area contributed by atoms with Crippen molar-refractivity contribution < 1.29 is 0 Å². The maximum absolute atomic E-state index is 4.93. The normalized spacial score (nSPS) is 13.2. The first-order valence-electron chi connectivity index (χ1n) is 18.9. The number of aromatic nitrogens is 1. The third-order valence-electron chi connectivity index (χ3n) is 12.0. The minimum atomic E-state index is -0.381. The Hall–Kier alpha value is -6.81. The van der Waals surface area contributed by atoms with Crippen LogP contribution in [-0.2, 0) is 5.41 Å². The fraction of sp³-hybridized carbons (Fsp3) is 0.0192. The van der Waals surface area contributed by atoms with Crippen molar-refractivity contribution in [3.05, 3.63) is 217 Å². The molecule has 0 N–H and O–H groups in total. The van der Waals surface area contributed by atoms with Gasteiger partial charge in [0.15, 0.2) is 0 Å². The molecule has 0 bridgehead atoms. The van der Waals surface area contributed by atoms with Gasteiger partial charge in [-0.3, -0.25) is 4.98 Å². The summed E-state index contributed by atoms with van der Waals surface area (Å²) in [5.74, 6) is 0. The van der Waals surface area contributed by atoms with Crippen LogP contribution in [0.3, 0.4) is 0 Å². The van der Waals surface area contributed by atoms with Crippen molar-refractivity contribution in [1.82, 2.24) is 4.98 Å². The zero-order chi connectivity index (χ0) is 36.1. The Morgan fingerprint density at radius 2 is 0.982 bits per heavy atom. The smallest absolute Gasteiger partial charge is 0.0824 e. The first kappa shape index (κ1) is 30.6. The zero-order valence-corrected chi connectivity index (χ0v) is 30.6. The second-order valence-corrected chi connectivity index (χ2v) is 15.7. The van der Waals surface area contributed by atoms with E-state index in [1.54, 1.807) is 0 Å². The molecule has 12 rings (SSSR count). The summed E-state index contributed by atoms with van der Waals surface area (Å²) in [7, 11) is 0. The van der Waals surface area contributed by atoms with E-state index in [2.05, 4.69) is 193 Å². The average Bonchev–Trinajstić information content (AvgIpc) is 3.89. The summed E-state index contributed by atoms with van der Waals surface area (Å²) < 4.78 is 2.52. The summed E-state index contributed by atoms with van der Waals surface area (Å²) in [5.41, 5.74) is 15.9. The monoisotopic (exact) mass is 716 g/mol. The summed E-state index contributed by atoms with van der Waals surface area (Å²) in [5, 5.41) is 4.96. The molecule has 2 nitrogen and oxygen atoms in total. The molecule has 0 unspecified atom stereocenters. The maximum Gasteiger partial charge on any atom is 0.0824 e. The van der Waals surface area contributed by atoms with Crippen LogP contribution in [0.1, 0.15) is 22.3 Å². The number of anilines is 3. The number of hydrogen-bond donors (Lipinski definition) is 0. The second-order valence-electron chi connectivity index (χ2n) is 14.7. The lowest BCUT2D eigenvalue weighted by molar-refractivity contribution is 0.794. The molecule has 55 heavy (non-hydrogen) atoms. The molecule has 2 aromatic heterocycles. The molecule has 3 heteroatoms. The molecule has 8 aromatic carbocycles. The predicted octanol–water partition coefficient (Wildman–Crippen LogP) is 14.1. The van der Waals surface area contributed by atoms with E-state index >= 15 is 0 Å². The quantitative estimate of drug-likeness (QED) is 0.180. The minimum Gasteiger partial charge on any atom is -0.308 e. The highest BCUT2D eigenvalue weighted by Gasteiger charge is 2.51. The van der Waals surface area contributed by atoms with E-state index in [0.717, 1.165) is 17.1 Å². The average molecular weight is 717 g/mol. The standard InChI is InChI=1S/C52H32N2S/c1-2-12-33(13-3-1)34-22-25-36(26-23-34)54(49-32-53-31-44-42-28-24-35-14-4-5-15-38(35)50(42)55-51(44)49)37-27-29-48-43(30-37)41-18-8-11-21-47(41)52(48)45-19-9-6-16-39(45)40-17-7-10-20-46(40)52/h1-32H. The van der Waals surface area contributed by atoms with Gasteiger partial charge in [0.1, 0.15) is 0 Å². The SMILES string of the molecule is c1ccc(-c2ccc(N(c3ccc4c(c3)-c3ccccc3C43c4ccccc4-c4ccccc43)c3cncc4c3sc3c5ccccc5ccc43)cc2)cc1. The lowest BCUT2D eigenvalue weighted by Crippen LogP contribution is -2.25. The first-order chi connectivity index (χ1) is 27.3. The van der Waals surface area contributed by atoms with Gasteiger partial charge in [0, 0.05) is 33.0 Å². The molecule has 0 saturated carbocycles. The molecule has 0 amide bonds. The highest BCUT2D eigenvalue weighted by Crippen LogP contribution is 2.63. The van der Waals surface area contributed by atoms with Gasteiger partial charge in [0.25, 0.3) is 0 Å². The minimum absolute atomic E-state index is 0.381. The first-order valence-corrected chi connectivity index (χ1v) is 19.7. The van der Waals surface area contributed by atoms with Gasteiger partial charge >= 0.3 is 0 Å². The summed E-state index contributed by atoms with van der Waals surface area (Å²) in [4.78, 5) is 7.36. The largest absolute Gasteiger partial charge is 0.308 e. The van der Waals surface area contributed by atoms with Gasteiger partial charge in [-0.15, -0.1) is 11.3 Å². The molecule has 0 aliphatic heterocycles. The fourth-order valence-electron chi connectivity index (χ4n) is 9.65. The van der Waals surface area contributed by atoms with Crippen LogP contribution in [-0.4, -0.2) is 4.98 Å². The lowest BCUT2D eigenvalue weighted by Gasteiger charge is -2.31. The van der Waals surface area contributed by atoms with E-state index in [-0.39, 0.29) is 5.41 Å². The number of thiophene rings is 1. The van der Waals surface area contributed by atoms with Crippen LogP contribution in [0.5, 0.6) is 0 Å². The number of nitrogens with zero attached hydrogens (tertiary/aromatic N) is 2. The molecule has 2 aliphatic carbocycles.